The highest BCUT2D eigenvalue weighted by molar-refractivity contribution is 6.74. The lowest BCUT2D eigenvalue weighted by Gasteiger charge is -2.40. The number of hydrogen-bond donors (Lipinski definition) is 2. The molecule has 2 aromatic heterocycles. The molecule has 0 radical (unpaired) electrons. The van der Waals surface area contributed by atoms with Gasteiger partial charge < -0.3 is 24.2 Å². The molecule has 0 amide bonds. The van der Waals surface area contributed by atoms with Gasteiger partial charge in [-0.2, -0.15) is 0 Å². The second-order valence-electron chi connectivity index (χ2n) is 9.71. The molecule has 10 nitrogen and oxygen atoms in total. The molecule has 1 aliphatic heterocycles. The third-order valence-corrected chi connectivity index (χ3v) is 10.6. The maximum absolute atomic E-state index is 13.0. The van der Waals surface area contributed by atoms with Crippen LogP contribution in [0.25, 0.3) is 11.2 Å². The highest BCUT2D eigenvalue weighted by Gasteiger charge is 2.50. The number of nitrogens with one attached hydrogen (secondary N) is 1. The third kappa shape index (κ3) is 4.45. The molecule has 1 saturated heterocycles. The molecular formula is C20H34N6O4Si. The van der Waals surface area contributed by atoms with E-state index < -0.39 is 38.5 Å². The molecule has 2 aromatic rings. The van der Waals surface area contributed by atoms with Gasteiger partial charge in [0.1, 0.15) is 24.1 Å². The van der Waals surface area contributed by atoms with E-state index in [1.165, 1.54) is 10.9 Å². The Labute approximate surface area is 183 Å². The summed E-state index contributed by atoms with van der Waals surface area (Å²) >= 11 is 0. The molecule has 2 N–H and O–H groups in total. The van der Waals surface area contributed by atoms with Crippen LogP contribution in [0.3, 0.4) is 0 Å². The number of fused-ring (bicyclic) bond motifs is 1. The highest BCUT2D eigenvalue weighted by Crippen LogP contribution is 2.42. The van der Waals surface area contributed by atoms with Crippen LogP contribution in [0.4, 0.5) is 5.82 Å². The summed E-state index contributed by atoms with van der Waals surface area (Å²) in [6.45, 7) is 12.6. The zero-order valence-electron chi connectivity index (χ0n) is 19.6. The van der Waals surface area contributed by atoms with Crippen molar-refractivity contribution in [3.8, 4) is 0 Å². The monoisotopic (exact) mass is 450 g/mol. The Kier molecular flexibility index (Phi) is 6.43. The van der Waals surface area contributed by atoms with Crippen molar-refractivity contribution < 1.29 is 14.3 Å². The number of aromatic amines is 1. The predicted molar refractivity (Wildman–Crippen MR) is 122 cm³/mol. The van der Waals surface area contributed by atoms with Gasteiger partial charge in [-0.25, -0.2) is 24.3 Å². The standard InChI is InChI=1S/C20H34N6O4Si/c1-9-12-14(27)15(30-31(7,8)20(2,3)4)18(29-12)26-17-13(24-19(26)28)16(21-10-22-17)23-11-25(5)6/h10-12,14-15,18,27H,9H2,1-8H3,(H,24,28)/t12-,14?,15+,18-/m1/s1. The number of aromatic nitrogens is 4. The Bertz CT molecular complexity index is 1010. The highest BCUT2D eigenvalue weighted by atomic mass is 28.4. The zero-order valence-corrected chi connectivity index (χ0v) is 20.6. The molecule has 31 heavy (non-hydrogen) atoms. The average molecular weight is 451 g/mol. The molecule has 0 aromatic carbocycles. The van der Waals surface area contributed by atoms with E-state index in [2.05, 4.69) is 53.8 Å². The molecule has 11 heteroatoms. The smallest absolute Gasteiger partial charge is 0.330 e. The van der Waals surface area contributed by atoms with Gasteiger partial charge in [-0.3, -0.25) is 0 Å². The Morgan fingerprint density at radius 3 is 2.65 bits per heavy atom. The first-order valence-electron chi connectivity index (χ1n) is 10.5. The number of aliphatic imine (C=N–C) groups is 1. The van der Waals surface area contributed by atoms with Crippen molar-refractivity contribution in [2.45, 2.75) is 76.8 Å². The largest absolute Gasteiger partial charge is 0.407 e. The number of imidazole rings is 1. The Morgan fingerprint density at radius 1 is 1.39 bits per heavy atom. The van der Waals surface area contributed by atoms with Crippen LogP contribution in [0.2, 0.25) is 18.1 Å². The lowest BCUT2D eigenvalue weighted by molar-refractivity contribution is -0.0342. The minimum Gasteiger partial charge on any atom is -0.407 e. The van der Waals surface area contributed by atoms with Crippen molar-refractivity contribution in [1.82, 2.24) is 24.4 Å². The number of hydrogen-bond acceptors (Lipinski definition) is 7. The summed E-state index contributed by atoms with van der Waals surface area (Å²) in [6.07, 6.45) is 0.769. The van der Waals surface area contributed by atoms with Crippen molar-refractivity contribution in [2.75, 3.05) is 14.1 Å². The summed E-state index contributed by atoms with van der Waals surface area (Å²) in [7, 11) is 1.43. The lowest BCUT2D eigenvalue weighted by atomic mass is 10.1. The molecule has 0 spiro atoms. The molecule has 0 saturated carbocycles. The number of aliphatic hydroxyl groups excluding tert-OH is 1. The molecule has 172 valence electrons. The van der Waals surface area contributed by atoms with Gasteiger partial charge in [0, 0.05) is 14.1 Å². The second-order valence-corrected chi connectivity index (χ2v) is 14.5. The van der Waals surface area contributed by atoms with E-state index in [0.29, 0.717) is 23.4 Å². The van der Waals surface area contributed by atoms with Crippen molar-refractivity contribution in [2.24, 2.45) is 4.99 Å². The van der Waals surface area contributed by atoms with Crippen LogP contribution in [0, 0.1) is 0 Å². The normalized spacial score (nSPS) is 25.1. The first-order chi connectivity index (χ1) is 14.4. The maximum atomic E-state index is 13.0. The van der Waals surface area contributed by atoms with Crippen LogP contribution in [-0.2, 0) is 9.16 Å². The van der Waals surface area contributed by atoms with E-state index in [1.54, 1.807) is 11.2 Å². The molecular weight excluding hydrogens is 416 g/mol. The van der Waals surface area contributed by atoms with Crippen LogP contribution in [0.1, 0.15) is 40.3 Å². The van der Waals surface area contributed by atoms with E-state index in [4.69, 9.17) is 9.16 Å². The summed E-state index contributed by atoms with van der Waals surface area (Å²) in [5.41, 5.74) is 0.369. The Morgan fingerprint density at radius 2 is 2.06 bits per heavy atom. The minimum absolute atomic E-state index is 0.0665. The van der Waals surface area contributed by atoms with Crippen LogP contribution in [-0.4, -0.2) is 76.6 Å². The molecule has 3 heterocycles. The number of nitrogens with zero attached hydrogens (tertiary/aromatic N) is 5. The molecule has 1 aliphatic rings. The van der Waals surface area contributed by atoms with Gasteiger partial charge in [-0.1, -0.05) is 27.7 Å². The molecule has 1 fully saturated rings. The van der Waals surface area contributed by atoms with Gasteiger partial charge in [0.15, 0.2) is 26.0 Å². The van der Waals surface area contributed by atoms with Crippen molar-refractivity contribution >= 4 is 31.6 Å². The Hall–Kier alpha value is -2.08. The summed E-state index contributed by atoms with van der Waals surface area (Å²) in [5.74, 6) is 0.349. The van der Waals surface area contributed by atoms with E-state index in [-0.39, 0.29) is 5.04 Å². The lowest BCUT2D eigenvalue weighted by Crippen LogP contribution is -2.49. The van der Waals surface area contributed by atoms with Crippen LogP contribution < -0.4 is 5.69 Å². The van der Waals surface area contributed by atoms with Gasteiger partial charge in [-0.05, 0) is 24.6 Å². The molecule has 1 unspecified atom stereocenters. The van der Waals surface area contributed by atoms with Crippen LogP contribution >= 0.6 is 0 Å². The number of aliphatic hydroxyl groups is 1. The predicted octanol–water partition coefficient (Wildman–Crippen LogP) is 2.40. The fraction of sp³-hybridized carbons (Fsp3) is 0.700. The SMILES string of the molecule is CC[C@H]1O[C@@H](n2c(=O)[nH]c3c(N=CN(C)C)ncnc32)[C@@H](O[Si](C)(C)C(C)(C)C)C1O. The topological polar surface area (TPSA) is 118 Å². The second kappa shape index (κ2) is 8.45. The van der Waals surface area contributed by atoms with Crippen molar-refractivity contribution in [3.63, 3.8) is 0 Å². The van der Waals surface area contributed by atoms with E-state index >= 15 is 0 Å². The molecule has 0 aliphatic carbocycles. The minimum atomic E-state index is -2.26. The molecule has 0 bridgehead atoms. The van der Waals surface area contributed by atoms with E-state index in [9.17, 15) is 9.90 Å². The zero-order chi connectivity index (χ0) is 23.1. The first-order valence-corrected chi connectivity index (χ1v) is 13.5. The van der Waals surface area contributed by atoms with Crippen LogP contribution in [0.5, 0.6) is 0 Å². The van der Waals surface area contributed by atoms with Crippen molar-refractivity contribution in [1.29, 1.82) is 0 Å². The van der Waals surface area contributed by atoms with Crippen LogP contribution in [0.15, 0.2) is 16.1 Å². The average Bonchev–Trinajstić information content (AvgIpc) is 3.15. The fourth-order valence-electron chi connectivity index (χ4n) is 3.34. The summed E-state index contributed by atoms with van der Waals surface area (Å²) in [4.78, 5) is 30.4. The summed E-state index contributed by atoms with van der Waals surface area (Å²) in [6, 6.07) is 0. The number of ether oxygens (including phenoxy) is 1. The first kappa shape index (κ1) is 23.6. The Balaban J connectivity index is 2.10. The molecule has 4 atom stereocenters. The number of H-pyrrole nitrogens is 1. The van der Waals surface area contributed by atoms with Gasteiger partial charge in [-0.15, -0.1) is 0 Å². The fourth-order valence-corrected chi connectivity index (χ4v) is 4.63. The maximum Gasteiger partial charge on any atom is 0.330 e. The third-order valence-electron chi connectivity index (χ3n) is 6.10. The summed E-state index contributed by atoms with van der Waals surface area (Å²) in [5, 5.41) is 10.9. The van der Waals surface area contributed by atoms with Gasteiger partial charge in [0.25, 0.3) is 0 Å². The molecule has 3 rings (SSSR count). The quantitative estimate of drug-likeness (QED) is 0.394. The number of rotatable bonds is 6. The van der Waals surface area contributed by atoms with Gasteiger partial charge >= 0.3 is 5.69 Å². The van der Waals surface area contributed by atoms with Gasteiger partial charge in [0.05, 0.1) is 12.4 Å². The van der Waals surface area contributed by atoms with Gasteiger partial charge in [0.2, 0.25) is 0 Å². The van der Waals surface area contributed by atoms with Crippen molar-refractivity contribution in [3.05, 3.63) is 16.8 Å². The van der Waals surface area contributed by atoms with E-state index in [0.717, 1.165) is 0 Å². The summed E-state index contributed by atoms with van der Waals surface area (Å²) < 4.78 is 14.1. The van der Waals surface area contributed by atoms with E-state index in [1.807, 2.05) is 21.0 Å².